The van der Waals surface area contributed by atoms with Crippen LogP contribution in [0.5, 0.6) is 0 Å². The van der Waals surface area contributed by atoms with Gasteiger partial charge in [-0.25, -0.2) is 0 Å². The van der Waals surface area contributed by atoms with Gasteiger partial charge < -0.3 is 20.3 Å². The molecule has 0 rings (SSSR count). The molecule has 3 N–H and O–H groups in total. The Morgan fingerprint density at radius 2 is 0.714 bits per heavy atom. The first kappa shape index (κ1) is 68.3. The van der Waals surface area contributed by atoms with Crippen molar-refractivity contribution in [1.82, 2.24) is 5.32 Å². The average molecular weight is 987 g/mol. The van der Waals surface area contributed by atoms with E-state index in [4.69, 9.17) is 4.74 Å². The number of rotatable bonds is 59. The topological polar surface area (TPSA) is 95.9 Å². The van der Waals surface area contributed by atoms with Gasteiger partial charge in [0.2, 0.25) is 5.91 Å². The fourth-order valence-electron chi connectivity index (χ4n) is 9.91. The lowest BCUT2D eigenvalue weighted by Crippen LogP contribution is -2.45. The Kier molecular flexibility index (Phi) is 58.5. The van der Waals surface area contributed by atoms with Crippen molar-refractivity contribution in [2.45, 2.75) is 360 Å². The van der Waals surface area contributed by atoms with Crippen molar-refractivity contribution >= 4 is 11.9 Å². The third-order valence-corrected chi connectivity index (χ3v) is 14.8. The molecule has 6 heteroatoms. The molecule has 0 heterocycles. The van der Waals surface area contributed by atoms with Crippen LogP contribution in [0.25, 0.3) is 0 Å². The Labute approximate surface area is 437 Å². The summed E-state index contributed by atoms with van der Waals surface area (Å²) in [6, 6.07) is -0.543. The van der Waals surface area contributed by atoms with Crippen LogP contribution in [-0.4, -0.2) is 47.4 Å². The van der Waals surface area contributed by atoms with E-state index < -0.39 is 12.1 Å². The standard InChI is InChI=1S/C64H123NO5/c1-3-5-7-9-11-13-15-32-36-40-44-48-52-56-62(67)61(60-66)65-63(68)57-53-49-45-41-37-34-30-28-26-24-22-20-18-17-19-21-23-25-27-29-31-35-39-43-47-51-55-59-70-64(69)58-54-50-46-42-38-33-16-14-12-10-8-6-4-2/h17-18,21,23,61-62,66-67H,3-16,19-20,22,24-60H2,1-2H3,(H,65,68)/b18-17-,23-21-. The molecule has 6 nitrogen and oxygen atoms in total. The van der Waals surface area contributed by atoms with Crippen molar-refractivity contribution in [3.8, 4) is 0 Å². The first-order valence-electron chi connectivity index (χ1n) is 31.6. The molecule has 0 aromatic heterocycles. The summed E-state index contributed by atoms with van der Waals surface area (Å²) in [4.78, 5) is 24.5. The Morgan fingerprint density at radius 3 is 1.09 bits per heavy atom. The molecule has 0 aromatic carbocycles. The lowest BCUT2D eigenvalue weighted by Gasteiger charge is -2.22. The van der Waals surface area contributed by atoms with E-state index in [9.17, 15) is 19.8 Å². The number of carbonyl (C=O) groups is 2. The number of ether oxygens (including phenoxy) is 1. The predicted octanol–water partition coefficient (Wildman–Crippen LogP) is 19.8. The average Bonchev–Trinajstić information content (AvgIpc) is 3.36. The van der Waals surface area contributed by atoms with Crippen molar-refractivity contribution in [2.24, 2.45) is 0 Å². The molecule has 0 spiro atoms. The van der Waals surface area contributed by atoms with Gasteiger partial charge in [-0.15, -0.1) is 0 Å². The van der Waals surface area contributed by atoms with E-state index >= 15 is 0 Å². The van der Waals surface area contributed by atoms with Crippen LogP contribution in [0, 0.1) is 0 Å². The highest BCUT2D eigenvalue weighted by Crippen LogP contribution is 2.18. The molecule has 70 heavy (non-hydrogen) atoms. The van der Waals surface area contributed by atoms with E-state index in [-0.39, 0.29) is 18.5 Å². The maximum atomic E-state index is 12.5. The van der Waals surface area contributed by atoms with Crippen LogP contribution in [0.3, 0.4) is 0 Å². The molecule has 2 unspecified atom stereocenters. The van der Waals surface area contributed by atoms with Crippen LogP contribution < -0.4 is 5.32 Å². The second-order valence-electron chi connectivity index (χ2n) is 21.7. The van der Waals surface area contributed by atoms with Gasteiger partial charge in [0.15, 0.2) is 0 Å². The SMILES string of the molecule is CCCCCCCCCCCCCCCC(=O)OCCCCCCCCCCC/C=C\C/C=C\CCCCCCCCCCCCCC(=O)NC(CO)C(O)CCCCCCCCCCCCCCC. The molecule has 0 aromatic rings. The number of allylic oxidation sites excluding steroid dienone is 4. The number of carbonyl (C=O) groups excluding carboxylic acids is 2. The maximum Gasteiger partial charge on any atom is 0.305 e. The predicted molar refractivity (Wildman–Crippen MR) is 306 cm³/mol. The number of nitrogens with one attached hydrogen (secondary N) is 1. The highest BCUT2D eigenvalue weighted by molar-refractivity contribution is 5.76. The number of aliphatic hydroxyl groups excluding tert-OH is 2. The Hall–Kier alpha value is -1.66. The van der Waals surface area contributed by atoms with Crippen molar-refractivity contribution in [3.05, 3.63) is 24.3 Å². The minimum Gasteiger partial charge on any atom is -0.466 e. The van der Waals surface area contributed by atoms with Crippen LogP contribution in [0.1, 0.15) is 348 Å². The van der Waals surface area contributed by atoms with Gasteiger partial charge in [-0.3, -0.25) is 9.59 Å². The third kappa shape index (κ3) is 55.7. The number of aliphatic hydroxyl groups is 2. The number of unbranched alkanes of at least 4 members (excludes halogenated alkanes) is 44. The summed E-state index contributed by atoms with van der Waals surface area (Å²) in [7, 11) is 0. The monoisotopic (exact) mass is 986 g/mol. The summed E-state index contributed by atoms with van der Waals surface area (Å²) in [5.41, 5.74) is 0. The van der Waals surface area contributed by atoms with Crippen LogP contribution in [0.15, 0.2) is 24.3 Å². The van der Waals surface area contributed by atoms with Gasteiger partial charge >= 0.3 is 5.97 Å². The van der Waals surface area contributed by atoms with Gasteiger partial charge in [0, 0.05) is 12.8 Å². The van der Waals surface area contributed by atoms with Gasteiger partial charge in [0.05, 0.1) is 25.4 Å². The molecule has 0 fully saturated rings. The molecular formula is C64H123NO5. The molecule has 0 saturated heterocycles. The molecule has 0 aliphatic rings. The van der Waals surface area contributed by atoms with Crippen molar-refractivity contribution < 1.29 is 24.5 Å². The quantitative estimate of drug-likeness (QED) is 0.0321. The van der Waals surface area contributed by atoms with Gasteiger partial charge in [-0.05, 0) is 57.8 Å². The summed E-state index contributed by atoms with van der Waals surface area (Å²) in [5.74, 6) is -0.0244. The van der Waals surface area contributed by atoms with E-state index in [2.05, 4.69) is 43.5 Å². The van der Waals surface area contributed by atoms with Gasteiger partial charge in [-0.1, -0.05) is 301 Å². The number of hydrogen-bond donors (Lipinski definition) is 3. The van der Waals surface area contributed by atoms with Gasteiger partial charge in [-0.2, -0.15) is 0 Å². The lowest BCUT2D eigenvalue weighted by atomic mass is 10.0. The normalized spacial score (nSPS) is 12.7. The van der Waals surface area contributed by atoms with E-state index in [1.54, 1.807) is 0 Å². The van der Waals surface area contributed by atoms with Crippen LogP contribution in [-0.2, 0) is 14.3 Å². The summed E-state index contributed by atoms with van der Waals surface area (Å²) < 4.78 is 5.48. The molecule has 0 saturated carbocycles. The third-order valence-electron chi connectivity index (χ3n) is 14.8. The second kappa shape index (κ2) is 59.9. The summed E-state index contributed by atoms with van der Waals surface area (Å²) >= 11 is 0. The maximum absolute atomic E-state index is 12.5. The summed E-state index contributed by atoms with van der Waals surface area (Å²) in [6.07, 6.45) is 73.4. The van der Waals surface area contributed by atoms with Crippen LogP contribution in [0.4, 0.5) is 0 Å². The van der Waals surface area contributed by atoms with E-state index in [0.717, 1.165) is 44.9 Å². The number of hydrogen-bond acceptors (Lipinski definition) is 5. The Morgan fingerprint density at radius 1 is 0.400 bits per heavy atom. The summed E-state index contributed by atoms with van der Waals surface area (Å²) in [5, 5.41) is 23.2. The Bertz CT molecular complexity index is 1090. The first-order chi connectivity index (χ1) is 34.5. The lowest BCUT2D eigenvalue weighted by molar-refractivity contribution is -0.143. The Balaban J connectivity index is 3.40. The molecule has 0 aliphatic heterocycles. The van der Waals surface area contributed by atoms with Gasteiger partial charge in [0.25, 0.3) is 0 Å². The zero-order chi connectivity index (χ0) is 50.7. The van der Waals surface area contributed by atoms with E-state index in [0.29, 0.717) is 25.9 Å². The molecule has 414 valence electrons. The molecule has 0 bridgehead atoms. The number of amides is 1. The van der Waals surface area contributed by atoms with Crippen molar-refractivity contribution in [2.75, 3.05) is 13.2 Å². The van der Waals surface area contributed by atoms with Crippen LogP contribution >= 0.6 is 0 Å². The summed E-state index contributed by atoms with van der Waals surface area (Å²) in [6.45, 7) is 4.96. The van der Waals surface area contributed by atoms with Crippen molar-refractivity contribution in [3.63, 3.8) is 0 Å². The molecular weight excluding hydrogens is 863 g/mol. The van der Waals surface area contributed by atoms with Crippen LogP contribution in [0.2, 0.25) is 0 Å². The molecule has 0 aliphatic carbocycles. The van der Waals surface area contributed by atoms with Crippen molar-refractivity contribution in [1.29, 1.82) is 0 Å². The highest BCUT2D eigenvalue weighted by Gasteiger charge is 2.20. The van der Waals surface area contributed by atoms with E-state index in [1.165, 1.54) is 270 Å². The minimum atomic E-state index is -0.665. The second-order valence-corrected chi connectivity index (χ2v) is 21.7. The molecule has 0 radical (unpaired) electrons. The first-order valence-corrected chi connectivity index (χ1v) is 31.6. The minimum absolute atomic E-state index is 0.0125. The largest absolute Gasteiger partial charge is 0.466 e. The molecule has 2 atom stereocenters. The zero-order valence-corrected chi connectivity index (χ0v) is 47.3. The molecule has 1 amide bonds. The zero-order valence-electron chi connectivity index (χ0n) is 47.3. The van der Waals surface area contributed by atoms with E-state index in [1.807, 2.05) is 0 Å². The highest BCUT2D eigenvalue weighted by atomic mass is 16.5. The fourth-order valence-corrected chi connectivity index (χ4v) is 9.91. The fraction of sp³-hybridized carbons (Fsp3) is 0.906. The smallest absolute Gasteiger partial charge is 0.305 e. The number of esters is 1. The van der Waals surface area contributed by atoms with Gasteiger partial charge in [0.1, 0.15) is 0 Å².